The number of carbonyl (C=O) groups excluding carboxylic acids is 1. The first-order valence-electron chi connectivity index (χ1n) is 7.90. The van der Waals surface area contributed by atoms with Gasteiger partial charge in [0.1, 0.15) is 11.8 Å². The van der Waals surface area contributed by atoms with Gasteiger partial charge in [-0.2, -0.15) is 5.26 Å². The van der Waals surface area contributed by atoms with Crippen molar-refractivity contribution in [3.05, 3.63) is 88.5 Å². The summed E-state index contributed by atoms with van der Waals surface area (Å²) < 4.78 is 5.16. The number of benzene rings is 3. The number of rotatable bonds is 4. The number of ether oxygens (including phenoxy) is 1. The van der Waals surface area contributed by atoms with Gasteiger partial charge in [-0.15, -0.1) is 0 Å². The predicted octanol–water partition coefficient (Wildman–Crippen LogP) is 4.74. The van der Waals surface area contributed by atoms with E-state index >= 15 is 0 Å². The Balaban J connectivity index is 1.85. The number of anilines is 1. The summed E-state index contributed by atoms with van der Waals surface area (Å²) >= 11 is 0. The summed E-state index contributed by atoms with van der Waals surface area (Å²) in [5.74, 6) is 0.147. The molecule has 0 aliphatic rings. The van der Waals surface area contributed by atoms with Gasteiger partial charge in [0.25, 0.3) is 5.69 Å². The SMILES string of the molecule is N#Cc1cccc(-c2ccccc2)c1NC(=O)Oc1ccc([N+](=O)[O-])cc1. The molecule has 27 heavy (non-hydrogen) atoms. The first-order valence-corrected chi connectivity index (χ1v) is 7.90. The van der Waals surface area contributed by atoms with Crippen LogP contribution in [0.3, 0.4) is 0 Å². The molecular weight excluding hydrogens is 346 g/mol. The van der Waals surface area contributed by atoms with Crippen molar-refractivity contribution < 1.29 is 14.5 Å². The third-order valence-electron chi connectivity index (χ3n) is 3.75. The average Bonchev–Trinajstić information content (AvgIpc) is 2.69. The van der Waals surface area contributed by atoms with Gasteiger partial charge in [-0.05, 0) is 23.8 Å². The second-order valence-electron chi connectivity index (χ2n) is 5.47. The monoisotopic (exact) mass is 359 g/mol. The highest BCUT2D eigenvalue weighted by Crippen LogP contribution is 2.31. The van der Waals surface area contributed by atoms with E-state index < -0.39 is 11.0 Å². The lowest BCUT2D eigenvalue weighted by Gasteiger charge is -2.13. The van der Waals surface area contributed by atoms with Crippen LogP contribution in [0.5, 0.6) is 5.75 Å². The molecule has 0 heterocycles. The van der Waals surface area contributed by atoms with E-state index in [2.05, 4.69) is 5.32 Å². The molecular formula is C20H13N3O4. The van der Waals surface area contributed by atoms with Crippen molar-refractivity contribution in [1.82, 2.24) is 0 Å². The van der Waals surface area contributed by atoms with Crippen LogP contribution in [0.15, 0.2) is 72.8 Å². The maximum Gasteiger partial charge on any atom is 0.417 e. The quantitative estimate of drug-likeness (QED) is 0.535. The van der Waals surface area contributed by atoms with E-state index in [0.717, 1.165) is 5.56 Å². The van der Waals surface area contributed by atoms with Crippen molar-refractivity contribution in [2.24, 2.45) is 0 Å². The molecule has 0 aliphatic carbocycles. The Morgan fingerprint density at radius 2 is 1.70 bits per heavy atom. The molecule has 7 heteroatoms. The van der Waals surface area contributed by atoms with Crippen molar-refractivity contribution >= 4 is 17.5 Å². The Labute approximate surface area is 154 Å². The Hall–Kier alpha value is -4.18. The summed E-state index contributed by atoms with van der Waals surface area (Å²) in [7, 11) is 0. The lowest BCUT2D eigenvalue weighted by molar-refractivity contribution is -0.384. The van der Waals surface area contributed by atoms with Crippen molar-refractivity contribution in [3.63, 3.8) is 0 Å². The zero-order valence-corrected chi connectivity index (χ0v) is 14.0. The second kappa shape index (κ2) is 7.80. The highest BCUT2D eigenvalue weighted by molar-refractivity contribution is 5.94. The van der Waals surface area contributed by atoms with Gasteiger partial charge in [-0.3, -0.25) is 15.4 Å². The van der Waals surface area contributed by atoms with E-state index in [9.17, 15) is 20.2 Å². The lowest BCUT2D eigenvalue weighted by Crippen LogP contribution is -2.18. The molecule has 3 aromatic rings. The van der Waals surface area contributed by atoms with Crippen LogP contribution >= 0.6 is 0 Å². The number of nitrogens with one attached hydrogen (secondary N) is 1. The van der Waals surface area contributed by atoms with E-state index in [0.29, 0.717) is 11.3 Å². The fourth-order valence-electron chi connectivity index (χ4n) is 2.51. The van der Waals surface area contributed by atoms with Crippen molar-refractivity contribution in [3.8, 4) is 22.9 Å². The molecule has 7 nitrogen and oxygen atoms in total. The Kier molecular flexibility index (Phi) is 5.10. The van der Waals surface area contributed by atoms with Crippen LogP contribution < -0.4 is 10.1 Å². The molecule has 0 saturated heterocycles. The molecule has 0 fully saturated rings. The number of hydrogen-bond donors (Lipinski definition) is 1. The standard InChI is InChI=1S/C20H13N3O4/c21-13-15-7-4-8-18(14-5-2-1-3-6-14)19(15)22-20(24)27-17-11-9-16(10-12-17)23(25)26/h1-12H,(H,22,24). The minimum absolute atomic E-state index is 0.107. The van der Waals surface area contributed by atoms with E-state index in [1.807, 2.05) is 36.4 Å². The van der Waals surface area contributed by atoms with Crippen LogP contribution in [-0.2, 0) is 0 Å². The van der Waals surface area contributed by atoms with E-state index in [1.54, 1.807) is 18.2 Å². The normalized spacial score (nSPS) is 9.89. The number of amides is 1. The third kappa shape index (κ3) is 4.08. The number of para-hydroxylation sites is 1. The minimum Gasteiger partial charge on any atom is -0.410 e. The average molecular weight is 359 g/mol. The van der Waals surface area contributed by atoms with Crippen molar-refractivity contribution in [1.29, 1.82) is 5.26 Å². The highest BCUT2D eigenvalue weighted by Gasteiger charge is 2.15. The maximum atomic E-state index is 12.3. The lowest BCUT2D eigenvalue weighted by atomic mass is 10.0. The summed E-state index contributed by atoms with van der Waals surface area (Å²) in [6, 6.07) is 21.6. The van der Waals surface area contributed by atoms with Gasteiger partial charge in [-0.25, -0.2) is 4.79 Å². The van der Waals surface area contributed by atoms with Crippen molar-refractivity contribution in [2.75, 3.05) is 5.32 Å². The van der Waals surface area contributed by atoms with Gasteiger partial charge in [0.2, 0.25) is 0 Å². The van der Waals surface area contributed by atoms with Crippen LogP contribution in [0.4, 0.5) is 16.2 Å². The summed E-state index contributed by atoms with van der Waals surface area (Å²) in [6.07, 6.45) is -0.802. The Bertz CT molecular complexity index is 1030. The molecule has 0 radical (unpaired) electrons. The second-order valence-corrected chi connectivity index (χ2v) is 5.47. The molecule has 3 aromatic carbocycles. The zero-order valence-electron chi connectivity index (χ0n) is 14.0. The van der Waals surface area contributed by atoms with Gasteiger partial charge in [0.05, 0.1) is 16.2 Å². The molecule has 0 saturated carbocycles. The van der Waals surface area contributed by atoms with E-state index in [-0.39, 0.29) is 17.0 Å². The Morgan fingerprint density at radius 1 is 1.00 bits per heavy atom. The van der Waals surface area contributed by atoms with Crippen LogP contribution in [-0.4, -0.2) is 11.0 Å². The smallest absolute Gasteiger partial charge is 0.410 e. The molecule has 0 spiro atoms. The number of carbonyl (C=O) groups is 1. The molecule has 0 aromatic heterocycles. The van der Waals surface area contributed by atoms with Gasteiger partial charge in [-0.1, -0.05) is 42.5 Å². The zero-order chi connectivity index (χ0) is 19.2. The summed E-state index contributed by atoms with van der Waals surface area (Å²) in [6.45, 7) is 0. The maximum absolute atomic E-state index is 12.3. The number of hydrogen-bond acceptors (Lipinski definition) is 5. The largest absolute Gasteiger partial charge is 0.417 e. The number of nitro groups is 1. The first-order chi connectivity index (χ1) is 13.1. The topological polar surface area (TPSA) is 105 Å². The van der Waals surface area contributed by atoms with E-state index in [4.69, 9.17) is 4.74 Å². The molecule has 0 unspecified atom stereocenters. The molecule has 1 amide bonds. The predicted molar refractivity (Wildman–Crippen MR) is 99.3 cm³/mol. The van der Waals surface area contributed by atoms with Gasteiger partial charge in [0.15, 0.2) is 0 Å². The molecule has 0 bridgehead atoms. The molecule has 0 atom stereocenters. The number of nitrogens with zero attached hydrogens (tertiary/aromatic N) is 2. The van der Waals surface area contributed by atoms with Gasteiger partial charge < -0.3 is 4.74 Å². The third-order valence-corrected chi connectivity index (χ3v) is 3.75. The number of nitriles is 1. The number of nitro benzene ring substituents is 1. The molecule has 0 aliphatic heterocycles. The summed E-state index contributed by atoms with van der Waals surface area (Å²) in [4.78, 5) is 22.4. The number of non-ortho nitro benzene ring substituents is 1. The molecule has 3 rings (SSSR count). The van der Waals surface area contributed by atoms with Crippen LogP contribution in [0, 0.1) is 21.4 Å². The molecule has 1 N–H and O–H groups in total. The Morgan fingerprint density at radius 3 is 2.33 bits per heavy atom. The van der Waals surface area contributed by atoms with Crippen LogP contribution in [0.25, 0.3) is 11.1 Å². The van der Waals surface area contributed by atoms with Crippen LogP contribution in [0.2, 0.25) is 0 Å². The summed E-state index contributed by atoms with van der Waals surface area (Å²) in [5, 5.41) is 22.6. The van der Waals surface area contributed by atoms with Gasteiger partial charge >= 0.3 is 6.09 Å². The minimum atomic E-state index is -0.802. The highest BCUT2D eigenvalue weighted by atomic mass is 16.6. The first kappa shape index (κ1) is 17.6. The van der Waals surface area contributed by atoms with E-state index in [1.165, 1.54) is 24.3 Å². The summed E-state index contributed by atoms with van der Waals surface area (Å²) in [5.41, 5.74) is 2.02. The van der Waals surface area contributed by atoms with Crippen LogP contribution in [0.1, 0.15) is 5.56 Å². The fourth-order valence-corrected chi connectivity index (χ4v) is 2.51. The van der Waals surface area contributed by atoms with Crippen molar-refractivity contribution in [2.45, 2.75) is 0 Å². The molecule has 132 valence electrons. The fraction of sp³-hybridized carbons (Fsp3) is 0. The van der Waals surface area contributed by atoms with Gasteiger partial charge in [0, 0.05) is 17.7 Å².